The van der Waals surface area contributed by atoms with Crippen LogP contribution in [0, 0.1) is 11.8 Å². The normalized spacial score (nSPS) is 16.4. The van der Waals surface area contributed by atoms with Gasteiger partial charge in [-0.1, -0.05) is 81.0 Å². The third-order valence-corrected chi connectivity index (χ3v) is 12.0. The number of rotatable bonds is 15. The van der Waals surface area contributed by atoms with Crippen LogP contribution in [0.4, 0.5) is 0 Å². The molecule has 0 aliphatic heterocycles. The Hall–Kier alpha value is -1.20. The topological polar surface area (TPSA) is 74.2 Å². The Balaban J connectivity index is 2.71. The zero-order chi connectivity index (χ0) is 28.4. The van der Waals surface area contributed by atoms with Gasteiger partial charge >= 0.3 is 0 Å². The van der Waals surface area contributed by atoms with E-state index in [4.69, 9.17) is 18.6 Å². The summed E-state index contributed by atoms with van der Waals surface area (Å²) in [4.78, 5) is 13.0. The number of hydrogen-bond donors (Lipinski definition) is 1. The fourth-order valence-electron chi connectivity index (χ4n) is 3.63. The number of hydrogen-bond acceptors (Lipinski definition) is 6. The molecule has 0 unspecified atom stereocenters. The van der Waals surface area contributed by atoms with Crippen molar-refractivity contribution in [3.8, 4) is 11.5 Å². The largest absolute Gasteiger partial charge is 0.493 e. The van der Waals surface area contributed by atoms with Gasteiger partial charge in [-0.25, -0.2) is 0 Å². The maximum atomic E-state index is 13.0. The second-order valence-electron chi connectivity index (χ2n) is 11.2. The fraction of sp³-hybridized carbons (Fsp3) is 0.621. The predicted octanol–water partition coefficient (Wildman–Crippen LogP) is 7.10. The number of carbonyl (C=O) groups excluding carboxylic acids is 1. The van der Waals surface area contributed by atoms with E-state index < -0.39 is 20.3 Å². The van der Waals surface area contributed by atoms with Crippen LogP contribution in [0.25, 0.3) is 0 Å². The van der Waals surface area contributed by atoms with Crippen LogP contribution in [-0.4, -0.2) is 52.2 Å². The average Bonchev–Trinajstić information content (AvgIpc) is 2.81. The second-order valence-corrected chi connectivity index (χ2v) is 16.7. The minimum atomic E-state index is -1.94. The van der Waals surface area contributed by atoms with Gasteiger partial charge in [0.25, 0.3) is 0 Å². The molecule has 0 aliphatic carbocycles. The van der Waals surface area contributed by atoms with Crippen LogP contribution in [-0.2, 0) is 20.6 Å². The smallest absolute Gasteiger partial charge is 0.192 e. The summed E-state index contributed by atoms with van der Waals surface area (Å²) >= 11 is 2.21. The van der Waals surface area contributed by atoms with Crippen molar-refractivity contribution >= 4 is 36.7 Å². The molecule has 1 aromatic rings. The van der Waals surface area contributed by atoms with Crippen molar-refractivity contribution in [2.75, 3.05) is 20.8 Å². The van der Waals surface area contributed by atoms with Gasteiger partial charge in [0, 0.05) is 11.8 Å². The molecule has 0 aromatic heterocycles. The van der Waals surface area contributed by atoms with Gasteiger partial charge in [0.1, 0.15) is 5.78 Å². The van der Waals surface area contributed by atoms with Crippen LogP contribution in [0.5, 0.6) is 11.5 Å². The van der Waals surface area contributed by atoms with Gasteiger partial charge in [0.2, 0.25) is 0 Å². The van der Waals surface area contributed by atoms with E-state index in [0.29, 0.717) is 24.5 Å². The number of aliphatic hydroxyl groups excluding tert-OH is 1. The van der Waals surface area contributed by atoms with E-state index in [1.54, 1.807) is 27.2 Å². The van der Waals surface area contributed by atoms with E-state index >= 15 is 0 Å². The molecule has 1 rings (SSSR count). The lowest BCUT2D eigenvalue weighted by atomic mass is 9.90. The standard InChI is InChI=1S/C29H47IO6Si/c1-20(15-24(13-14-30)36-37(9,10)29(4,5)6)16-25(31)22(3)28(32)21(2)18-35-19-23-11-12-26(33-7)27(17-23)34-8/h11-14,16-17,21-22,24-25,31H,15,18-19H2,1-10H3/b14-13+,20-16+/t21-,22-,24+,25-/m1/s1. The molecule has 210 valence electrons. The summed E-state index contributed by atoms with van der Waals surface area (Å²) in [6.07, 6.45) is 3.61. The first-order valence-corrected chi connectivity index (χ1v) is 16.9. The summed E-state index contributed by atoms with van der Waals surface area (Å²) in [5, 5.41) is 10.9. The minimum absolute atomic E-state index is 0.0231. The number of ketones is 1. The van der Waals surface area contributed by atoms with Gasteiger partial charge in [-0.15, -0.1) is 0 Å². The molecular weight excluding hydrogens is 599 g/mol. The fourth-order valence-corrected chi connectivity index (χ4v) is 5.37. The molecule has 0 radical (unpaired) electrons. The number of Topliss-reactive ketones (excluding diaryl/α,β-unsaturated/α-hetero) is 1. The van der Waals surface area contributed by atoms with Crippen LogP contribution in [0.15, 0.2) is 40.0 Å². The van der Waals surface area contributed by atoms with E-state index in [9.17, 15) is 9.90 Å². The van der Waals surface area contributed by atoms with Crippen LogP contribution in [0.1, 0.15) is 53.5 Å². The number of carbonyl (C=O) groups is 1. The number of halogens is 1. The van der Waals surface area contributed by atoms with Crippen molar-refractivity contribution in [1.82, 2.24) is 0 Å². The second kappa shape index (κ2) is 15.4. The number of ether oxygens (including phenoxy) is 3. The maximum absolute atomic E-state index is 13.0. The first kappa shape index (κ1) is 33.8. The third kappa shape index (κ3) is 10.8. The maximum Gasteiger partial charge on any atom is 0.192 e. The molecule has 0 saturated carbocycles. The molecule has 0 heterocycles. The Morgan fingerprint density at radius 1 is 1.14 bits per heavy atom. The molecule has 4 atom stereocenters. The molecule has 0 spiro atoms. The molecule has 0 aliphatic rings. The third-order valence-electron chi connectivity index (χ3n) is 7.05. The Labute approximate surface area is 239 Å². The van der Waals surface area contributed by atoms with E-state index in [1.807, 2.05) is 36.1 Å². The van der Waals surface area contributed by atoms with Crippen LogP contribution >= 0.6 is 22.6 Å². The molecule has 6 nitrogen and oxygen atoms in total. The highest BCUT2D eigenvalue weighted by atomic mass is 127. The van der Waals surface area contributed by atoms with Crippen LogP contribution < -0.4 is 9.47 Å². The van der Waals surface area contributed by atoms with Gasteiger partial charge in [-0.2, -0.15) is 0 Å². The highest BCUT2D eigenvalue weighted by Gasteiger charge is 2.38. The molecule has 0 saturated heterocycles. The van der Waals surface area contributed by atoms with Crippen LogP contribution in [0.2, 0.25) is 18.1 Å². The Morgan fingerprint density at radius 3 is 2.30 bits per heavy atom. The van der Waals surface area contributed by atoms with Gasteiger partial charge in [0.05, 0.1) is 39.6 Å². The first-order valence-electron chi connectivity index (χ1n) is 12.8. The Kier molecular flexibility index (Phi) is 14.1. The van der Waals surface area contributed by atoms with Crippen molar-refractivity contribution in [2.45, 2.75) is 84.9 Å². The summed E-state index contributed by atoms with van der Waals surface area (Å²) in [7, 11) is 1.25. The summed E-state index contributed by atoms with van der Waals surface area (Å²) in [6, 6.07) is 5.60. The van der Waals surface area contributed by atoms with Gasteiger partial charge < -0.3 is 23.7 Å². The highest BCUT2D eigenvalue weighted by molar-refractivity contribution is 14.1. The van der Waals surface area contributed by atoms with Crippen LogP contribution in [0.3, 0.4) is 0 Å². The molecule has 0 fully saturated rings. The Bertz CT molecular complexity index is 921. The summed E-state index contributed by atoms with van der Waals surface area (Å²) in [5.41, 5.74) is 1.93. The molecular formula is C29H47IO6Si. The van der Waals surface area contributed by atoms with Crippen molar-refractivity contribution in [3.05, 3.63) is 45.6 Å². The van der Waals surface area contributed by atoms with E-state index in [0.717, 1.165) is 11.1 Å². The average molecular weight is 647 g/mol. The summed E-state index contributed by atoms with van der Waals surface area (Å²) in [5.74, 6) is 0.399. The lowest BCUT2D eigenvalue weighted by Gasteiger charge is -2.38. The summed E-state index contributed by atoms with van der Waals surface area (Å²) < 4.78 is 25.0. The van der Waals surface area contributed by atoms with Gasteiger partial charge in [-0.05, 0) is 53.3 Å². The quantitative estimate of drug-likeness (QED) is 0.125. The van der Waals surface area contributed by atoms with Crippen molar-refractivity contribution in [2.24, 2.45) is 11.8 Å². The van der Waals surface area contributed by atoms with Crippen molar-refractivity contribution in [1.29, 1.82) is 0 Å². The van der Waals surface area contributed by atoms with Gasteiger partial charge in [0.15, 0.2) is 19.8 Å². The molecule has 8 heteroatoms. The predicted molar refractivity (Wildman–Crippen MR) is 162 cm³/mol. The zero-order valence-electron chi connectivity index (χ0n) is 24.3. The Morgan fingerprint density at radius 2 is 1.76 bits per heavy atom. The van der Waals surface area contributed by atoms with E-state index in [-0.39, 0.29) is 29.5 Å². The van der Waals surface area contributed by atoms with Crippen molar-refractivity contribution < 1.29 is 28.5 Å². The van der Waals surface area contributed by atoms with E-state index in [1.165, 1.54) is 0 Å². The monoisotopic (exact) mass is 646 g/mol. The number of methoxy groups -OCH3 is 2. The number of benzene rings is 1. The van der Waals surface area contributed by atoms with Crippen molar-refractivity contribution in [3.63, 3.8) is 0 Å². The SMILES string of the molecule is COc1ccc(COC[C@@H](C)C(=O)[C@H](C)[C@H](O)/C=C(\C)C[C@H](/C=C/I)O[Si](C)(C)C(C)(C)C)cc1OC. The zero-order valence-corrected chi connectivity index (χ0v) is 27.4. The molecule has 37 heavy (non-hydrogen) atoms. The molecule has 1 N–H and O–H groups in total. The number of aliphatic hydroxyl groups is 1. The lowest BCUT2D eigenvalue weighted by Crippen LogP contribution is -2.43. The summed E-state index contributed by atoms with van der Waals surface area (Å²) in [6.45, 7) is 17.4. The lowest BCUT2D eigenvalue weighted by molar-refractivity contribution is -0.130. The highest BCUT2D eigenvalue weighted by Crippen LogP contribution is 2.38. The molecule has 0 amide bonds. The van der Waals surface area contributed by atoms with Gasteiger partial charge in [-0.3, -0.25) is 4.79 Å². The molecule has 0 bridgehead atoms. The first-order chi connectivity index (χ1) is 17.2. The van der Waals surface area contributed by atoms with E-state index in [2.05, 4.69) is 62.5 Å². The molecule has 1 aromatic carbocycles. The minimum Gasteiger partial charge on any atom is -0.493 e.